The van der Waals surface area contributed by atoms with E-state index in [2.05, 4.69) is 5.32 Å². The van der Waals surface area contributed by atoms with Crippen LogP contribution in [0.4, 0.5) is 0 Å². The predicted octanol–water partition coefficient (Wildman–Crippen LogP) is 2.57. The Kier molecular flexibility index (Phi) is 3.64. The van der Waals surface area contributed by atoms with Crippen molar-refractivity contribution in [2.45, 2.75) is 39.2 Å². The summed E-state index contributed by atoms with van der Waals surface area (Å²) in [6.07, 6.45) is 2.93. The number of furan rings is 1. The van der Waals surface area contributed by atoms with Crippen LogP contribution in [0.5, 0.6) is 0 Å². The fraction of sp³-hybridized carbons (Fsp3) is 0.412. The first-order valence-corrected chi connectivity index (χ1v) is 7.44. The van der Waals surface area contributed by atoms with Crippen LogP contribution in [0, 0.1) is 19.8 Å². The van der Waals surface area contributed by atoms with Gasteiger partial charge < -0.3 is 14.8 Å². The van der Waals surface area contributed by atoms with E-state index in [1.807, 2.05) is 26.0 Å². The van der Waals surface area contributed by atoms with Gasteiger partial charge in [0.15, 0.2) is 0 Å². The highest BCUT2D eigenvalue weighted by Gasteiger charge is 2.35. The molecule has 0 aliphatic heterocycles. The van der Waals surface area contributed by atoms with Gasteiger partial charge in [-0.3, -0.25) is 9.59 Å². The number of hydrogen-bond donors (Lipinski definition) is 2. The molecule has 0 atom stereocenters. The topological polar surface area (TPSA) is 79.5 Å². The molecule has 0 spiro atoms. The number of rotatable bonds is 4. The Hall–Kier alpha value is -2.30. The molecule has 1 amide bonds. The van der Waals surface area contributed by atoms with E-state index in [0.29, 0.717) is 12.8 Å². The maximum absolute atomic E-state index is 12.1. The quantitative estimate of drug-likeness (QED) is 0.909. The average molecular weight is 301 g/mol. The molecule has 3 rings (SSSR count). The Bertz CT molecular complexity index is 740. The van der Waals surface area contributed by atoms with Crippen molar-refractivity contribution in [3.05, 3.63) is 35.1 Å². The molecule has 0 unspecified atom stereocenters. The molecule has 1 aromatic heterocycles. The molecule has 1 aliphatic carbocycles. The van der Waals surface area contributed by atoms with Gasteiger partial charge in [0.1, 0.15) is 5.58 Å². The standard InChI is InChI=1S/C17H19NO4/c1-9-3-4-14-12(8-22-16(14)10(9)2)7-15(19)18-13-5-11(6-13)17(20)21/h3-4,8,11,13H,5-7H2,1-2H3,(H,18,19)(H,20,21). The van der Waals surface area contributed by atoms with Gasteiger partial charge in [0, 0.05) is 17.0 Å². The first-order chi connectivity index (χ1) is 10.5. The van der Waals surface area contributed by atoms with Crippen LogP contribution >= 0.6 is 0 Å². The molecule has 1 heterocycles. The second-order valence-corrected chi connectivity index (χ2v) is 6.09. The third kappa shape index (κ3) is 2.58. The maximum Gasteiger partial charge on any atom is 0.306 e. The highest BCUT2D eigenvalue weighted by Crippen LogP contribution is 2.29. The lowest BCUT2D eigenvalue weighted by molar-refractivity contribution is -0.146. The van der Waals surface area contributed by atoms with E-state index in [4.69, 9.17) is 9.52 Å². The second kappa shape index (κ2) is 5.48. The number of aliphatic carboxylic acids is 1. The van der Waals surface area contributed by atoms with Gasteiger partial charge >= 0.3 is 5.97 Å². The van der Waals surface area contributed by atoms with Crippen molar-refractivity contribution in [3.63, 3.8) is 0 Å². The number of carboxylic acids is 1. The van der Waals surface area contributed by atoms with Crippen molar-refractivity contribution in [2.24, 2.45) is 5.92 Å². The van der Waals surface area contributed by atoms with Crippen LogP contribution < -0.4 is 5.32 Å². The predicted molar refractivity (Wildman–Crippen MR) is 81.7 cm³/mol. The molecule has 1 saturated carbocycles. The molecular formula is C17H19NO4. The van der Waals surface area contributed by atoms with Gasteiger partial charge in [0.05, 0.1) is 18.6 Å². The molecule has 0 bridgehead atoms. The molecule has 22 heavy (non-hydrogen) atoms. The van der Waals surface area contributed by atoms with Crippen LogP contribution in [0.25, 0.3) is 11.0 Å². The molecular weight excluding hydrogens is 282 g/mol. The number of carboxylic acid groups (broad SMARTS) is 1. The zero-order chi connectivity index (χ0) is 15.9. The van der Waals surface area contributed by atoms with Crippen molar-refractivity contribution in [3.8, 4) is 0 Å². The summed E-state index contributed by atoms with van der Waals surface area (Å²) in [4.78, 5) is 22.8. The zero-order valence-electron chi connectivity index (χ0n) is 12.7. The van der Waals surface area contributed by atoms with Crippen LogP contribution in [-0.4, -0.2) is 23.0 Å². The molecule has 0 radical (unpaired) electrons. The number of aryl methyl sites for hydroxylation is 2. The summed E-state index contributed by atoms with van der Waals surface area (Å²) in [5.41, 5.74) is 3.95. The number of carbonyl (C=O) groups excluding carboxylic acids is 1. The number of nitrogens with one attached hydrogen (secondary N) is 1. The minimum Gasteiger partial charge on any atom is -0.481 e. The van der Waals surface area contributed by atoms with Crippen molar-refractivity contribution < 1.29 is 19.1 Å². The molecule has 5 heteroatoms. The molecule has 1 fully saturated rings. The number of hydrogen-bond acceptors (Lipinski definition) is 3. The summed E-state index contributed by atoms with van der Waals surface area (Å²) in [6, 6.07) is 3.99. The van der Waals surface area contributed by atoms with Crippen LogP contribution in [0.15, 0.2) is 22.8 Å². The van der Waals surface area contributed by atoms with Crippen LogP contribution in [-0.2, 0) is 16.0 Å². The van der Waals surface area contributed by atoms with Gasteiger partial charge in [-0.25, -0.2) is 0 Å². The summed E-state index contributed by atoms with van der Waals surface area (Å²) in [5.74, 6) is -1.18. The van der Waals surface area contributed by atoms with Crippen LogP contribution in [0.1, 0.15) is 29.5 Å². The van der Waals surface area contributed by atoms with Crippen molar-refractivity contribution in [1.29, 1.82) is 0 Å². The highest BCUT2D eigenvalue weighted by molar-refractivity contribution is 5.89. The van der Waals surface area contributed by atoms with E-state index in [9.17, 15) is 9.59 Å². The molecule has 0 saturated heterocycles. The number of fused-ring (bicyclic) bond motifs is 1. The maximum atomic E-state index is 12.1. The summed E-state index contributed by atoms with van der Waals surface area (Å²) in [5, 5.41) is 12.7. The van der Waals surface area contributed by atoms with E-state index in [0.717, 1.165) is 27.7 Å². The SMILES string of the molecule is Cc1ccc2c(CC(=O)NC3CC(C(=O)O)C3)coc2c1C. The first-order valence-electron chi connectivity index (χ1n) is 7.44. The summed E-state index contributed by atoms with van der Waals surface area (Å²) in [7, 11) is 0. The van der Waals surface area contributed by atoms with Crippen LogP contribution in [0.3, 0.4) is 0 Å². The molecule has 2 aromatic rings. The number of benzene rings is 1. The van der Waals surface area contributed by atoms with E-state index in [-0.39, 0.29) is 24.3 Å². The normalized spacial score (nSPS) is 20.6. The fourth-order valence-electron chi connectivity index (χ4n) is 2.91. The second-order valence-electron chi connectivity index (χ2n) is 6.09. The Morgan fingerprint density at radius 1 is 1.32 bits per heavy atom. The average Bonchev–Trinajstić information content (AvgIpc) is 2.81. The lowest BCUT2D eigenvalue weighted by atomic mass is 9.80. The van der Waals surface area contributed by atoms with Gasteiger partial charge in [-0.2, -0.15) is 0 Å². The van der Waals surface area contributed by atoms with Gasteiger partial charge in [0.25, 0.3) is 0 Å². The molecule has 1 aromatic carbocycles. The lowest BCUT2D eigenvalue weighted by Crippen LogP contribution is -2.47. The highest BCUT2D eigenvalue weighted by atomic mass is 16.4. The van der Waals surface area contributed by atoms with E-state index >= 15 is 0 Å². The molecule has 5 nitrogen and oxygen atoms in total. The fourth-order valence-corrected chi connectivity index (χ4v) is 2.91. The Morgan fingerprint density at radius 2 is 2.05 bits per heavy atom. The van der Waals surface area contributed by atoms with Crippen molar-refractivity contribution in [2.75, 3.05) is 0 Å². The minimum absolute atomic E-state index is 0.0178. The van der Waals surface area contributed by atoms with Gasteiger partial charge in [-0.05, 0) is 37.8 Å². The van der Waals surface area contributed by atoms with E-state index < -0.39 is 5.97 Å². The molecule has 116 valence electrons. The van der Waals surface area contributed by atoms with E-state index in [1.165, 1.54) is 0 Å². The smallest absolute Gasteiger partial charge is 0.306 e. The summed E-state index contributed by atoms with van der Waals surface area (Å²) < 4.78 is 5.60. The Balaban J connectivity index is 1.65. The van der Waals surface area contributed by atoms with Crippen molar-refractivity contribution >= 4 is 22.8 Å². The minimum atomic E-state index is -0.780. The Morgan fingerprint density at radius 3 is 2.73 bits per heavy atom. The molecule has 2 N–H and O–H groups in total. The third-order valence-electron chi connectivity index (χ3n) is 4.55. The van der Waals surface area contributed by atoms with Gasteiger partial charge in [0.2, 0.25) is 5.91 Å². The largest absolute Gasteiger partial charge is 0.481 e. The Labute approximate surface area is 128 Å². The monoisotopic (exact) mass is 301 g/mol. The lowest BCUT2D eigenvalue weighted by Gasteiger charge is -2.32. The third-order valence-corrected chi connectivity index (χ3v) is 4.55. The summed E-state index contributed by atoms with van der Waals surface area (Å²) in [6.45, 7) is 4.03. The number of carbonyl (C=O) groups is 2. The van der Waals surface area contributed by atoms with Gasteiger partial charge in [-0.15, -0.1) is 0 Å². The van der Waals surface area contributed by atoms with Crippen molar-refractivity contribution in [1.82, 2.24) is 5.32 Å². The van der Waals surface area contributed by atoms with E-state index in [1.54, 1.807) is 6.26 Å². The molecule has 1 aliphatic rings. The van der Waals surface area contributed by atoms with Crippen LogP contribution in [0.2, 0.25) is 0 Å². The summed E-state index contributed by atoms with van der Waals surface area (Å²) >= 11 is 0. The van der Waals surface area contributed by atoms with Gasteiger partial charge in [-0.1, -0.05) is 12.1 Å². The first kappa shape index (κ1) is 14.6. The zero-order valence-corrected chi connectivity index (χ0v) is 12.7. The number of amides is 1.